The molecule has 1 aromatic heterocycles. The molecule has 4 rings (SSSR count). The van der Waals surface area contributed by atoms with Crippen molar-refractivity contribution in [3.05, 3.63) is 78.4 Å². The normalized spacial score (nSPS) is 11.0. The van der Waals surface area contributed by atoms with Gasteiger partial charge in [0.2, 0.25) is 0 Å². The molecule has 2 nitrogen and oxygen atoms in total. The fourth-order valence-electron chi connectivity index (χ4n) is 2.64. The van der Waals surface area contributed by atoms with Gasteiger partial charge in [0.05, 0.1) is 11.0 Å². The minimum absolute atomic E-state index is 0.840. The van der Waals surface area contributed by atoms with Crippen LogP contribution in [0.15, 0.2) is 72.8 Å². The molecule has 0 unspecified atom stereocenters. The molecule has 106 valence electrons. The van der Waals surface area contributed by atoms with E-state index in [-0.39, 0.29) is 0 Å². The second-order valence-corrected chi connectivity index (χ2v) is 5.39. The molecule has 0 bridgehead atoms. The summed E-state index contributed by atoms with van der Waals surface area (Å²) < 4.78 is 6.22. The zero-order chi connectivity index (χ0) is 14.9. The molecule has 0 spiro atoms. The molecule has 22 heavy (non-hydrogen) atoms. The van der Waals surface area contributed by atoms with Crippen molar-refractivity contribution in [3.63, 3.8) is 0 Å². The fraction of sp³-hybridized carbons (Fsp3) is 0.0500. The summed E-state index contributed by atoms with van der Waals surface area (Å²) in [5.41, 5.74) is 3.11. The van der Waals surface area contributed by atoms with Gasteiger partial charge in [-0.2, -0.15) is 0 Å². The summed E-state index contributed by atoms with van der Waals surface area (Å²) in [6.07, 6.45) is 0. The molecule has 0 amide bonds. The highest BCUT2D eigenvalue weighted by molar-refractivity contribution is 6.01. The van der Waals surface area contributed by atoms with Crippen LogP contribution in [0.2, 0.25) is 0 Å². The molecule has 0 aliphatic rings. The van der Waals surface area contributed by atoms with Crippen LogP contribution in [0.3, 0.4) is 0 Å². The summed E-state index contributed by atoms with van der Waals surface area (Å²) in [6, 6.07) is 24.3. The maximum Gasteiger partial charge on any atom is 0.146 e. The summed E-state index contributed by atoms with van der Waals surface area (Å²) in [6.45, 7) is 2.07. The van der Waals surface area contributed by atoms with E-state index in [1.807, 2.05) is 48.5 Å². The third-order valence-electron chi connectivity index (χ3n) is 3.78. The second-order valence-electron chi connectivity index (χ2n) is 5.39. The van der Waals surface area contributed by atoms with Crippen molar-refractivity contribution >= 4 is 21.8 Å². The van der Waals surface area contributed by atoms with E-state index >= 15 is 0 Å². The summed E-state index contributed by atoms with van der Waals surface area (Å²) in [4.78, 5) is 4.71. The van der Waals surface area contributed by atoms with Gasteiger partial charge in [-0.05, 0) is 43.3 Å². The second kappa shape index (κ2) is 5.15. The molecule has 2 heteroatoms. The van der Waals surface area contributed by atoms with Crippen LogP contribution in [0.25, 0.3) is 21.8 Å². The van der Waals surface area contributed by atoms with Crippen LogP contribution >= 0.6 is 0 Å². The van der Waals surface area contributed by atoms with Gasteiger partial charge in [-0.1, -0.05) is 42.0 Å². The number of pyridine rings is 1. The van der Waals surface area contributed by atoms with Crippen LogP contribution < -0.4 is 4.74 Å². The molecule has 0 saturated heterocycles. The van der Waals surface area contributed by atoms with Crippen molar-refractivity contribution in [2.45, 2.75) is 6.92 Å². The number of nitrogens with zero attached hydrogens (tertiary/aromatic N) is 1. The molecule has 0 aliphatic heterocycles. The van der Waals surface area contributed by atoms with Gasteiger partial charge in [-0.3, -0.25) is 0 Å². The monoisotopic (exact) mass is 285 g/mol. The Morgan fingerprint density at radius 2 is 1.23 bits per heavy atom. The quantitative estimate of drug-likeness (QED) is 0.454. The zero-order valence-corrected chi connectivity index (χ0v) is 12.3. The number of ether oxygens (including phenoxy) is 1. The smallest absolute Gasteiger partial charge is 0.146 e. The van der Waals surface area contributed by atoms with Crippen LogP contribution in [0.4, 0.5) is 0 Å². The van der Waals surface area contributed by atoms with Gasteiger partial charge in [0.1, 0.15) is 11.5 Å². The van der Waals surface area contributed by atoms with Gasteiger partial charge >= 0.3 is 0 Å². The molecular formula is C20H15NO. The first kappa shape index (κ1) is 12.8. The average Bonchev–Trinajstić information content (AvgIpc) is 2.56. The van der Waals surface area contributed by atoms with Crippen LogP contribution in [-0.2, 0) is 0 Å². The highest BCUT2D eigenvalue weighted by Crippen LogP contribution is 2.35. The number of hydrogen-bond acceptors (Lipinski definition) is 2. The van der Waals surface area contributed by atoms with Gasteiger partial charge in [0.25, 0.3) is 0 Å². The zero-order valence-electron chi connectivity index (χ0n) is 12.3. The molecule has 0 atom stereocenters. The predicted octanol–water partition coefficient (Wildman–Crippen LogP) is 5.49. The minimum atomic E-state index is 0.840. The highest BCUT2D eigenvalue weighted by atomic mass is 16.5. The first-order valence-electron chi connectivity index (χ1n) is 7.33. The Labute approximate surface area is 129 Å². The van der Waals surface area contributed by atoms with Gasteiger partial charge in [0, 0.05) is 10.8 Å². The Balaban J connectivity index is 1.97. The lowest BCUT2D eigenvalue weighted by Crippen LogP contribution is -1.91. The number of rotatable bonds is 2. The van der Waals surface area contributed by atoms with Crippen molar-refractivity contribution in [2.24, 2.45) is 0 Å². The molecule has 0 fully saturated rings. The first-order valence-corrected chi connectivity index (χ1v) is 7.33. The summed E-state index contributed by atoms with van der Waals surface area (Å²) in [5.74, 6) is 1.71. The van der Waals surface area contributed by atoms with E-state index in [1.54, 1.807) is 0 Å². The molecule has 0 N–H and O–H groups in total. The van der Waals surface area contributed by atoms with E-state index in [9.17, 15) is 0 Å². The minimum Gasteiger partial charge on any atom is -0.456 e. The number of aromatic nitrogens is 1. The Morgan fingerprint density at radius 1 is 0.682 bits per heavy atom. The fourth-order valence-corrected chi connectivity index (χ4v) is 2.64. The maximum atomic E-state index is 6.22. The average molecular weight is 285 g/mol. The van der Waals surface area contributed by atoms with Gasteiger partial charge in [-0.15, -0.1) is 0 Å². The summed E-state index contributed by atoms with van der Waals surface area (Å²) in [7, 11) is 0. The van der Waals surface area contributed by atoms with E-state index in [0.29, 0.717) is 0 Å². The van der Waals surface area contributed by atoms with E-state index in [0.717, 1.165) is 33.3 Å². The van der Waals surface area contributed by atoms with Crippen molar-refractivity contribution in [1.82, 2.24) is 4.98 Å². The molecule has 0 aliphatic carbocycles. The largest absolute Gasteiger partial charge is 0.456 e. The summed E-state index contributed by atoms with van der Waals surface area (Å²) >= 11 is 0. The number of fused-ring (bicyclic) bond motifs is 2. The van der Waals surface area contributed by atoms with Gasteiger partial charge < -0.3 is 4.74 Å². The number of hydrogen-bond donors (Lipinski definition) is 0. The Morgan fingerprint density at radius 3 is 1.82 bits per heavy atom. The van der Waals surface area contributed by atoms with Gasteiger partial charge in [-0.25, -0.2) is 4.98 Å². The SMILES string of the molecule is Cc1ccc(Oc2c3ccccc3nc3ccccc23)cc1. The van der Waals surface area contributed by atoms with E-state index in [2.05, 4.69) is 31.2 Å². The topological polar surface area (TPSA) is 22.1 Å². The molecule has 0 radical (unpaired) electrons. The van der Waals surface area contributed by atoms with E-state index in [1.165, 1.54) is 5.56 Å². The van der Waals surface area contributed by atoms with Crippen LogP contribution in [0.5, 0.6) is 11.5 Å². The molecular weight excluding hydrogens is 270 g/mol. The number of aryl methyl sites for hydroxylation is 1. The Hall–Kier alpha value is -2.87. The van der Waals surface area contributed by atoms with Crippen molar-refractivity contribution in [3.8, 4) is 11.5 Å². The van der Waals surface area contributed by atoms with Crippen molar-refractivity contribution in [1.29, 1.82) is 0 Å². The highest BCUT2D eigenvalue weighted by Gasteiger charge is 2.10. The number of para-hydroxylation sites is 2. The lowest BCUT2D eigenvalue weighted by molar-refractivity contribution is 0.493. The lowest BCUT2D eigenvalue weighted by atomic mass is 10.1. The van der Waals surface area contributed by atoms with Gasteiger partial charge in [0.15, 0.2) is 0 Å². The first-order chi connectivity index (χ1) is 10.8. The van der Waals surface area contributed by atoms with Crippen LogP contribution in [0, 0.1) is 6.92 Å². The van der Waals surface area contributed by atoms with Crippen molar-refractivity contribution in [2.75, 3.05) is 0 Å². The van der Waals surface area contributed by atoms with Crippen LogP contribution in [0.1, 0.15) is 5.56 Å². The Kier molecular flexibility index (Phi) is 3.01. The molecule has 3 aromatic carbocycles. The van der Waals surface area contributed by atoms with Crippen molar-refractivity contribution < 1.29 is 4.74 Å². The van der Waals surface area contributed by atoms with E-state index < -0.39 is 0 Å². The van der Waals surface area contributed by atoms with Crippen LogP contribution in [-0.4, -0.2) is 4.98 Å². The number of benzene rings is 3. The molecule has 4 aromatic rings. The molecule has 1 heterocycles. The standard InChI is InChI=1S/C20H15NO/c1-14-10-12-15(13-11-14)22-20-16-6-2-4-8-18(16)21-19-9-5-3-7-17(19)20/h2-13H,1H3. The lowest BCUT2D eigenvalue weighted by Gasteiger charge is -2.12. The Bertz CT molecular complexity index is 904. The summed E-state index contributed by atoms with van der Waals surface area (Å²) in [5, 5.41) is 2.06. The molecule has 0 saturated carbocycles. The van der Waals surface area contributed by atoms with E-state index in [4.69, 9.17) is 9.72 Å². The predicted molar refractivity (Wildman–Crippen MR) is 90.5 cm³/mol. The third kappa shape index (κ3) is 2.19. The third-order valence-corrected chi connectivity index (χ3v) is 3.78. The maximum absolute atomic E-state index is 6.22.